The van der Waals surface area contributed by atoms with Crippen molar-refractivity contribution in [1.29, 1.82) is 0 Å². The third kappa shape index (κ3) is 4.33. The molecule has 32 heavy (non-hydrogen) atoms. The Morgan fingerprint density at radius 2 is 1.81 bits per heavy atom. The van der Waals surface area contributed by atoms with Gasteiger partial charge >= 0.3 is 11.9 Å². The molecule has 0 amide bonds. The molecule has 172 valence electrons. The number of carbonyl (C=O) groups excluding carboxylic acids is 3. The number of hydrogen-bond acceptors (Lipinski definition) is 6. The van der Waals surface area contributed by atoms with Crippen LogP contribution < -0.4 is 5.32 Å². The normalized spacial score (nSPS) is 22.9. The van der Waals surface area contributed by atoms with Crippen LogP contribution in [0.5, 0.6) is 0 Å². The second kappa shape index (κ2) is 10.1. The van der Waals surface area contributed by atoms with Crippen LogP contribution in [0.4, 0.5) is 4.39 Å². The van der Waals surface area contributed by atoms with Crippen LogP contribution in [-0.2, 0) is 23.9 Å². The molecule has 0 fully saturated rings. The predicted octanol–water partition coefficient (Wildman–Crippen LogP) is 4.17. The fourth-order valence-electron chi connectivity index (χ4n) is 4.62. The molecule has 1 aliphatic carbocycles. The monoisotopic (exact) mass is 443 g/mol. The number of ether oxygens (including phenoxy) is 2. The van der Waals surface area contributed by atoms with Crippen LogP contribution >= 0.6 is 0 Å². The van der Waals surface area contributed by atoms with Crippen molar-refractivity contribution in [2.45, 2.75) is 52.9 Å². The van der Waals surface area contributed by atoms with Gasteiger partial charge in [-0.15, -0.1) is 0 Å². The molecular weight excluding hydrogens is 413 g/mol. The molecule has 7 heteroatoms. The van der Waals surface area contributed by atoms with Crippen LogP contribution in [0.15, 0.2) is 46.8 Å². The van der Waals surface area contributed by atoms with E-state index in [1.165, 1.54) is 6.07 Å². The lowest BCUT2D eigenvalue weighted by atomic mass is 9.68. The Kier molecular flexibility index (Phi) is 7.48. The van der Waals surface area contributed by atoms with E-state index in [2.05, 4.69) is 5.32 Å². The molecule has 3 unspecified atom stereocenters. The van der Waals surface area contributed by atoms with Crippen molar-refractivity contribution >= 4 is 17.7 Å². The minimum Gasteiger partial charge on any atom is -0.465 e. The number of Topliss-reactive ketones (excluding diaryl/α,β-unsaturated/α-hetero) is 1. The van der Waals surface area contributed by atoms with Crippen molar-refractivity contribution in [3.05, 3.63) is 58.2 Å². The maximum Gasteiger partial charge on any atom is 0.336 e. The number of benzene rings is 1. The van der Waals surface area contributed by atoms with Gasteiger partial charge in [-0.2, -0.15) is 0 Å². The van der Waals surface area contributed by atoms with E-state index in [0.29, 0.717) is 24.2 Å². The Balaban J connectivity index is 2.23. The third-order valence-electron chi connectivity index (χ3n) is 5.92. The number of carbonyl (C=O) groups is 3. The molecule has 0 spiro atoms. The molecule has 1 aliphatic heterocycles. The minimum absolute atomic E-state index is 0.147. The molecule has 1 aromatic carbocycles. The Bertz CT molecular complexity index is 980. The molecule has 0 radical (unpaired) electrons. The van der Waals surface area contributed by atoms with Crippen molar-refractivity contribution in [1.82, 2.24) is 5.32 Å². The van der Waals surface area contributed by atoms with Gasteiger partial charge in [0.15, 0.2) is 5.78 Å². The number of esters is 2. The maximum absolute atomic E-state index is 15.0. The predicted molar refractivity (Wildman–Crippen MR) is 117 cm³/mol. The molecule has 6 nitrogen and oxygen atoms in total. The first kappa shape index (κ1) is 23.7. The molecule has 3 rings (SSSR count). The van der Waals surface area contributed by atoms with Gasteiger partial charge in [-0.3, -0.25) is 9.59 Å². The van der Waals surface area contributed by atoms with Gasteiger partial charge in [-0.05, 0) is 38.7 Å². The Labute approximate surface area is 187 Å². The van der Waals surface area contributed by atoms with E-state index in [1.807, 2.05) is 13.8 Å². The van der Waals surface area contributed by atoms with E-state index in [0.717, 1.165) is 6.42 Å². The zero-order valence-corrected chi connectivity index (χ0v) is 19.0. The van der Waals surface area contributed by atoms with Crippen molar-refractivity contribution in [2.24, 2.45) is 11.8 Å². The molecule has 0 bridgehead atoms. The SMILES string of the molecule is CCCC1=C(C(=O)OCC)C(c2ccccc2F)C2=C(CC(C)C(C(=O)OCC)C2=O)N1. The number of halogens is 1. The summed E-state index contributed by atoms with van der Waals surface area (Å²) in [6.45, 7) is 7.49. The largest absolute Gasteiger partial charge is 0.465 e. The second-order valence-corrected chi connectivity index (χ2v) is 8.11. The van der Waals surface area contributed by atoms with Crippen molar-refractivity contribution in [3.63, 3.8) is 0 Å². The lowest BCUT2D eigenvalue weighted by Crippen LogP contribution is -2.44. The van der Waals surface area contributed by atoms with Crippen LogP contribution in [0.1, 0.15) is 58.4 Å². The summed E-state index contributed by atoms with van der Waals surface area (Å²) in [4.78, 5) is 39.4. The van der Waals surface area contributed by atoms with Gasteiger partial charge in [0.2, 0.25) is 0 Å². The summed E-state index contributed by atoms with van der Waals surface area (Å²) in [7, 11) is 0. The van der Waals surface area contributed by atoms with Crippen molar-refractivity contribution in [2.75, 3.05) is 13.2 Å². The van der Waals surface area contributed by atoms with Gasteiger partial charge in [-0.1, -0.05) is 38.5 Å². The van der Waals surface area contributed by atoms with Gasteiger partial charge in [0.05, 0.1) is 24.7 Å². The second-order valence-electron chi connectivity index (χ2n) is 8.11. The topological polar surface area (TPSA) is 81.7 Å². The molecule has 0 saturated carbocycles. The number of hydrogen-bond donors (Lipinski definition) is 1. The smallest absolute Gasteiger partial charge is 0.336 e. The number of nitrogens with one attached hydrogen (secondary N) is 1. The molecular formula is C25H30FNO5. The highest BCUT2D eigenvalue weighted by molar-refractivity contribution is 6.12. The minimum atomic E-state index is -0.999. The summed E-state index contributed by atoms with van der Waals surface area (Å²) in [5.74, 6) is -4.39. The summed E-state index contributed by atoms with van der Waals surface area (Å²) in [5, 5.41) is 3.28. The highest BCUT2D eigenvalue weighted by Gasteiger charge is 2.48. The zero-order chi connectivity index (χ0) is 23.4. The first-order valence-electron chi connectivity index (χ1n) is 11.2. The fourth-order valence-corrected chi connectivity index (χ4v) is 4.62. The van der Waals surface area contributed by atoms with E-state index in [9.17, 15) is 14.4 Å². The number of allylic oxidation sites excluding steroid dienone is 3. The maximum atomic E-state index is 15.0. The fraction of sp³-hybridized carbons (Fsp3) is 0.480. The van der Waals surface area contributed by atoms with E-state index in [-0.39, 0.29) is 35.8 Å². The Morgan fingerprint density at radius 3 is 2.44 bits per heavy atom. The van der Waals surface area contributed by atoms with E-state index in [1.54, 1.807) is 32.0 Å². The summed E-state index contributed by atoms with van der Waals surface area (Å²) in [6.07, 6.45) is 1.70. The van der Waals surface area contributed by atoms with Crippen molar-refractivity contribution < 1.29 is 28.2 Å². The molecule has 3 atom stereocenters. The highest BCUT2D eigenvalue weighted by Crippen LogP contribution is 2.46. The van der Waals surface area contributed by atoms with Crippen LogP contribution in [0.3, 0.4) is 0 Å². The van der Waals surface area contributed by atoms with Gasteiger partial charge < -0.3 is 14.8 Å². The van der Waals surface area contributed by atoms with E-state index >= 15 is 4.39 Å². The Morgan fingerprint density at radius 1 is 1.12 bits per heavy atom. The lowest BCUT2D eigenvalue weighted by molar-refractivity contribution is -0.153. The zero-order valence-electron chi connectivity index (χ0n) is 19.0. The van der Waals surface area contributed by atoms with Gasteiger partial charge in [0, 0.05) is 22.5 Å². The van der Waals surface area contributed by atoms with Crippen LogP contribution in [-0.4, -0.2) is 30.9 Å². The van der Waals surface area contributed by atoms with Gasteiger partial charge in [-0.25, -0.2) is 9.18 Å². The Hall–Kier alpha value is -2.96. The van der Waals surface area contributed by atoms with E-state index < -0.39 is 35.4 Å². The van der Waals surface area contributed by atoms with Crippen molar-refractivity contribution in [3.8, 4) is 0 Å². The highest BCUT2D eigenvalue weighted by atomic mass is 19.1. The third-order valence-corrected chi connectivity index (χ3v) is 5.92. The van der Waals surface area contributed by atoms with Crippen LogP contribution in [0.25, 0.3) is 0 Å². The molecule has 1 aromatic rings. The molecule has 1 heterocycles. The quantitative estimate of drug-likeness (QED) is 0.503. The summed E-state index contributed by atoms with van der Waals surface area (Å²) in [6, 6.07) is 6.10. The van der Waals surface area contributed by atoms with E-state index in [4.69, 9.17) is 9.47 Å². The lowest BCUT2D eigenvalue weighted by Gasteiger charge is -2.39. The van der Waals surface area contributed by atoms with Crippen LogP contribution in [0, 0.1) is 17.7 Å². The molecule has 2 aliphatic rings. The molecule has 1 N–H and O–H groups in total. The standard InChI is InChI=1S/C25H30FNO5/c1-5-10-17-22(25(30)32-7-3)20(15-11-8-9-12-16(15)26)21-18(27-17)13-14(4)19(23(21)28)24(29)31-6-2/h8-9,11-12,14,19-20,27H,5-7,10,13H2,1-4H3. The van der Waals surface area contributed by atoms with Gasteiger partial charge in [0.25, 0.3) is 0 Å². The average Bonchev–Trinajstić information content (AvgIpc) is 2.73. The van der Waals surface area contributed by atoms with Crippen LogP contribution in [0.2, 0.25) is 0 Å². The summed E-state index contributed by atoms with van der Waals surface area (Å²) in [5.41, 5.74) is 1.95. The molecule has 0 aromatic heterocycles. The number of ketones is 1. The molecule has 0 saturated heterocycles. The summed E-state index contributed by atoms with van der Waals surface area (Å²) < 4.78 is 25.5. The number of dihydropyridines is 1. The van der Waals surface area contributed by atoms with Gasteiger partial charge in [0.1, 0.15) is 11.7 Å². The first-order chi connectivity index (χ1) is 15.3. The average molecular weight is 444 g/mol. The first-order valence-corrected chi connectivity index (χ1v) is 11.2. The summed E-state index contributed by atoms with van der Waals surface area (Å²) >= 11 is 0. The number of rotatable bonds is 7.